The van der Waals surface area contributed by atoms with Gasteiger partial charge in [0.15, 0.2) is 0 Å². The normalized spacial score (nSPS) is 25.2. The van der Waals surface area contributed by atoms with Gasteiger partial charge >= 0.3 is 11.9 Å². The summed E-state index contributed by atoms with van der Waals surface area (Å²) in [5, 5.41) is -0.819. The van der Waals surface area contributed by atoms with Gasteiger partial charge in [-0.3, -0.25) is 0 Å². The van der Waals surface area contributed by atoms with E-state index in [-0.39, 0.29) is 22.7 Å². The summed E-state index contributed by atoms with van der Waals surface area (Å²) in [6, 6.07) is 6.91. The van der Waals surface area contributed by atoms with Crippen LogP contribution >= 0.6 is 23.2 Å². The number of aromatic nitrogens is 2. The summed E-state index contributed by atoms with van der Waals surface area (Å²) >= 11 is 13.2. The molecule has 0 radical (unpaired) electrons. The quantitative estimate of drug-likeness (QED) is 0.577. The van der Waals surface area contributed by atoms with Crippen molar-refractivity contribution < 1.29 is 19.1 Å². The van der Waals surface area contributed by atoms with Gasteiger partial charge in [-0.15, -0.1) is 23.2 Å². The minimum absolute atomic E-state index is 0.194. The number of hydrogen-bond donors (Lipinski definition) is 0. The summed E-state index contributed by atoms with van der Waals surface area (Å²) in [6.45, 7) is 0. The second-order valence-electron chi connectivity index (χ2n) is 6.17. The van der Waals surface area contributed by atoms with E-state index < -0.39 is 23.2 Å². The predicted molar refractivity (Wildman–Crippen MR) is 94.1 cm³/mol. The van der Waals surface area contributed by atoms with Crippen molar-refractivity contribution in [1.82, 2.24) is 9.97 Å². The van der Waals surface area contributed by atoms with Crippen LogP contribution in [0.5, 0.6) is 0 Å². The van der Waals surface area contributed by atoms with Crippen LogP contribution in [0.3, 0.4) is 0 Å². The first kappa shape index (κ1) is 17.2. The Bertz CT molecular complexity index is 866. The first-order valence-electron chi connectivity index (χ1n) is 7.94. The largest absolute Gasteiger partial charge is 0.464 e. The standard InChI is InChI=1S/C18H14Cl2N2O4/c1-25-17(23)9-5-3-7-11-8-4-6-10(18(24)26-2)22-16(8)12(15(7)21-9)14(20)13(11)19/h3-6,11-14H,1-2H3/t11?,12?,13?,14-/m1/s1. The number of rotatable bonds is 2. The lowest BCUT2D eigenvalue weighted by Gasteiger charge is -2.44. The van der Waals surface area contributed by atoms with Gasteiger partial charge in [0.25, 0.3) is 0 Å². The fraction of sp³-hybridized carbons (Fsp3) is 0.333. The van der Waals surface area contributed by atoms with Gasteiger partial charge in [-0.05, 0) is 23.3 Å². The third-order valence-corrected chi connectivity index (χ3v) is 6.08. The van der Waals surface area contributed by atoms with Crippen LogP contribution in [0.15, 0.2) is 24.3 Å². The number of hydrogen-bond acceptors (Lipinski definition) is 6. The first-order valence-corrected chi connectivity index (χ1v) is 8.81. The fourth-order valence-electron chi connectivity index (χ4n) is 3.74. The Balaban J connectivity index is 1.91. The van der Waals surface area contributed by atoms with Gasteiger partial charge in [0, 0.05) is 5.92 Å². The number of carbonyl (C=O) groups is 2. The molecule has 0 aliphatic heterocycles. The molecule has 0 amide bonds. The first-order chi connectivity index (χ1) is 12.5. The van der Waals surface area contributed by atoms with Gasteiger partial charge in [-0.1, -0.05) is 12.1 Å². The number of carbonyl (C=O) groups excluding carboxylic acids is 2. The number of ether oxygens (including phenoxy) is 2. The maximum Gasteiger partial charge on any atom is 0.356 e. The Morgan fingerprint density at radius 2 is 1.23 bits per heavy atom. The molecule has 0 saturated carbocycles. The van der Waals surface area contributed by atoms with Gasteiger partial charge in [-0.25, -0.2) is 19.6 Å². The number of methoxy groups -OCH3 is 2. The van der Waals surface area contributed by atoms with Crippen molar-refractivity contribution in [3.05, 3.63) is 58.2 Å². The summed E-state index contributed by atoms with van der Waals surface area (Å²) in [7, 11) is 2.60. The molecule has 6 nitrogen and oxygen atoms in total. The molecule has 2 atom stereocenters. The SMILES string of the molecule is COC(=O)c1ccc2c(n1)C1c3nc(C(=O)OC)ccc3C2C(Cl)[C@@H]1Cl. The van der Waals surface area contributed by atoms with Crippen LogP contribution in [0.4, 0.5) is 0 Å². The zero-order valence-electron chi connectivity index (χ0n) is 13.9. The molecule has 2 bridgehead atoms. The molecule has 8 heteroatoms. The van der Waals surface area contributed by atoms with Crippen LogP contribution in [0.25, 0.3) is 0 Å². The third kappa shape index (κ3) is 2.32. The van der Waals surface area contributed by atoms with Crippen LogP contribution in [0, 0.1) is 0 Å². The number of pyridine rings is 2. The molecule has 26 heavy (non-hydrogen) atoms. The molecule has 0 fully saturated rings. The summed E-state index contributed by atoms with van der Waals surface area (Å²) in [4.78, 5) is 32.7. The Hall–Kier alpha value is -2.18. The third-order valence-electron chi connectivity index (χ3n) is 4.90. The molecule has 3 aliphatic rings. The Morgan fingerprint density at radius 3 is 1.65 bits per heavy atom. The zero-order chi connectivity index (χ0) is 18.6. The molecule has 5 rings (SSSR count). The highest BCUT2D eigenvalue weighted by molar-refractivity contribution is 6.31. The van der Waals surface area contributed by atoms with Crippen molar-refractivity contribution in [2.24, 2.45) is 0 Å². The van der Waals surface area contributed by atoms with Gasteiger partial charge in [0.05, 0.1) is 42.3 Å². The lowest BCUT2D eigenvalue weighted by Crippen LogP contribution is -2.43. The molecule has 3 aliphatic carbocycles. The summed E-state index contributed by atoms with van der Waals surface area (Å²) in [5.74, 6) is -1.70. The van der Waals surface area contributed by atoms with Crippen molar-refractivity contribution in [2.45, 2.75) is 22.6 Å². The number of halogens is 2. The second kappa shape index (κ2) is 6.21. The Morgan fingerprint density at radius 1 is 0.808 bits per heavy atom. The van der Waals surface area contributed by atoms with E-state index in [2.05, 4.69) is 9.97 Å². The van der Waals surface area contributed by atoms with E-state index in [0.29, 0.717) is 11.4 Å². The molecule has 134 valence electrons. The highest BCUT2D eigenvalue weighted by Gasteiger charge is 2.51. The van der Waals surface area contributed by atoms with E-state index >= 15 is 0 Å². The van der Waals surface area contributed by atoms with Crippen molar-refractivity contribution in [3.63, 3.8) is 0 Å². The van der Waals surface area contributed by atoms with Crippen LogP contribution in [-0.2, 0) is 9.47 Å². The molecule has 2 heterocycles. The maximum atomic E-state index is 11.9. The molecule has 0 N–H and O–H groups in total. The van der Waals surface area contributed by atoms with E-state index in [9.17, 15) is 9.59 Å². The topological polar surface area (TPSA) is 78.4 Å². The van der Waals surface area contributed by atoms with Crippen LogP contribution < -0.4 is 0 Å². The van der Waals surface area contributed by atoms with Crippen molar-refractivity contribution in [1.29, 1.82) is 0 Å². The molecule has 1 unspecified atom stereocenters. The summed E-state index contributed by atoms with van der Waals surface area (Å²) in [5.41, 5.74) is 3.52. The van der Waals surface area contributed by atoms with Gasteiger partial charge in [0.2, 0.25) is 0 Å². The van der Waals surface area contributed by atoms with E-state index in [1.807, 2.05) is 12.1 Å². The number of fused-ring (bicyclic) bond motifs is 1. The molecule has 2 aromatic rings. The number of alkyl halides is 2. The summed E-state index contributed by atoms with van der Waals surface area (Å²) in [6.07, 6.45) is 0. The molecule has 2 aromatic heterocycles. The van der Waals surface area contributed by atoms with E-state index in [4.69, 9.17) is 32.7 Å². The molecular weight excluding hydrogens is 379 g/mol. The molecule has 0 aromatic carbocycles. The molecular formula is C18H14Cl2N2O4. The highest BCUT2D eigenvalue weighted by Crippen LogP contribution is 2.55. The average molecular weight is 393 g/mol. The smallest absolute Gasteiger partial charge is 0.356 e. The van der Waals surface area contributed by atoms with Crippen molar-refractivity contribution >= 4 is 35.1 Å². The number of nitrogens with zero attached hydrogens (tertiary/aromatic N) is 2. The van der Waals surface area contributed by atoms with Gasteiger partial charge in [-0.2, -0.15) is 0 Å². The van der Waals surface area contributed by atoms with Crippen LogP contribution in [0.1, 0.15) is 55.3 Å². The number of esters is 2. The van der Waals surface area contributed by atoms with E-state index in [1.165, 1.54) is 14.2 Å². The molecule has 0 saturated heterocycles. The average Bonchev–Trinajstić information content (AvgIpc) is 2.68. The maximum absolute atomic E-state index is 11.9. The second-order valence-corrected chi connectivity index (χ2v) is 7.18. The predicted octanol–water partition coefficient (Wildman–Crippen LogP) is 2.86. The van der Waals surface area contributed by atoms with Gasteiger partial charge in [0.1, 0.15) is 11.4 Å². The van der Waals surface area contributed by atoms with Crippen molar-refractivity contribution in [2.75, 3.05) is 14.2 Å². The lowest BCUT2D eigenvalue weighted by molar-refractivity contribution is 0.0585. The Labute approximate surface area is 159 Å². The van der Waals surface area contributed by atoms with Crippen LogP contribution in [-0.4, -0.2) is 46.9 Å². The van der Waals surface area contributed by atoms with Crippen LogP contribution in [0.2, 0.25) is 0 Å². The summed E-state index contributed by atoms with van der Waals surface area (Å²) < 4.78 is 9.51. The minimum Gasteiger partial charge on any atom is -0.464 e. The van der Waals surface area contributed by atoms with Gasteiger partial charge < -0.3 is 9.47 Å². The minimum atomic E-state index is -0.528. The zero-order valence-corrected chi connectivity index (χ0v) is 15.4. The lowest BCUT2D eigenvalue weighted by atomic mass is 9.67. The van der Waals surface area contributed by atoms with E-state index in [0.717, 1.165) is 11.1 Å². The monoisotopic (exact) mass is 392 g/mol. The van der Waals surface area contributed by atoms with Crippen molar-refractivity contribution in [3.8, 4) is 0 Å². The molecule has 0 spiro atoms. The fourth-order valence-corrected chi connectivity index (χ4v) is 4.54. The highest BCUT2D eigenvalue weighted by atomic mass is 35.5. The van der Waals surface area contributed by atoms with E-state index in [1.54, 1.807) is 12.1 Å². The Kier molecular flexibility index (Phi) is 4.12.